The number of hydrogen-bond donors (Lipinski definition) is 1. The quantitative estimate of drug-likeness (QED) is 0.801. The number of carboxylic acids is 1. The monoisotopic (exact) mass is 303 g/mol. The highest BCUT2D eigenvalue weighted by Gasteiger charge is 2.17. The van der Waals surface area contributed by atoms with Crippen LogP contribution in [0.1, 0.15) is 11.4 Å². The van der Waals surface area contributed by atoms with Gasteiger partial charge in [-0.25, -0.2) is 0 Å². The van der Waals surface area contributed by atoms with Gasteiger partial charge < -0.3 is 9.84 Å². The minimum atomic E-state index is -0.933. The summed E-state index contributed by atoms with van der Waals surface area (Å²) in [7, 11) is 1.61. The number of hydrogen-bond acceptors (Lipinski definition) is 5. The molecule has 0 aliphatic rings. The molecule has 0 amide bonds. The van der Waals surface area contributed by atoms with E-state index >= 15 is 0 Å². The van der Waals surface area contributed by atoms with Gasteiger partial charge in [-0.2, -0.15) is 0 Å². The fourth-order valence-corrected chi connectivity index (χ4v) is 3.08. The summed E-state index contributed by atoms with van der Waals surface area (Å²) >= 11 is 1.42. The Morgan fingerprint density at radius 2 is 2.24 bits per heavy atom. The van der Waals surface area contributed by atoms with Crippen LogP contribution in [0.5, 0.6) is 5.75 Å². The van der Waals surface area contributed by atoms with E-state index in [4.69, 9.17) is 9.84 Å². The van der Waals surface area contributed by atoms with E-state index in [9.17, 15) is 4.79 Å². The molecule has 7 heteroatoms. The molecule has 1 N–H and O–H groups in total. The van der Waals surface area contributed by atoms with Crippen molar-refractivity contribution in [2.24, 2.45) is 0 Å². The largest absolute Gasteiger partial charge is 0.496 e. The zero-order valence-electron chi connectivity index (χ0n) is 11.5. The summed E-state index contributed by atoms with van der Waals surface area (Å²) < 4.78 is 7.18. The lowest BCUT2D eigenvalue weighted by Gasteiger charge is -2.09. The SMILES string of the molecule is COc1ccc(C)cc1-c1csc2nnc(CC(=O)O)n12. The first-order valence-corrected chi connectivity index (χ1v) is 7.16. The standard InChI is InChI=1S/C14H13N3O3S/c1-8-3-4-11(20-2)9(5-8)10-7-21-14-16-15-12(17(10)14)6-13(18)19/h3-5,7H,6H2,1-2H3,(H,18,19). The van der Waals surface area contributed by atoms with E-state index in [2.05, 4.69) is 10.2 Å². The zero-order valence-corrected chi connectivity index (χ0v) is 12.3. The minimum absolute atomic E-state index is 0.168. The van der Waals surface area contributed by atoms with Crippen molar-refractivity contribution in [2.75, 3.05) is 7.11 Å². The molecule has 6 nitrogen and oxygen atoms in total. The average Bonchev–Trinajstić information content (AvgIpc) is 3.01. The first-order chi connectivity index (χ1) is 10.1. The number of ether oxygens (including phenoxy) is 1. The van der Waals surface area contributed by atoms with E-state index in [1.165, 1.54) is 11.3 Å². The Hall–Kier alpha value is -2.41. The summed E-state index contributed by atoms with van der Waals surface area (Å²) in [5.41, 5.74) is 2.84. The molecule has 0 spiro atoms. The van der Waals surface area contributed by atoms with Crippen molar-refractivity contribution in [2.45, 2.75) is 13.3 Å². The van der Waals surface area contributed by atoms with Crippen LogP contribution in [0.25, 0.3) is 16.2 Å². The molecule has 0 saturated carbocycles. The lowest BCUT2D eigenvalue weighted by atomic mass is 10.1. The van der Waals surface area contributed by atoms with Crippen LogP contribution < -0.4 is 4.74 Å². The molecule has 0 bridgehead atoms. The van der Waals surface area contributed by atoms with Crippen molar-refractivity contribution in [1.29, 1.82) is 0 Å². The van der Waals surface area contributed by atoms with Crippen molar-refractivity contribution in [1.82, 2.24) is 14.6 Å². The van der Waals surface area contributed by atoms with Crippen LogP contribution in [0.2, 0.25) is 0 Å². The van der Waals surface area contributed by atoms with Crippen molar-refractivity contribution in [3.8, 4) is 17.0 Å². The number of methoxy groups -OCH3 is 1. The second-order valence-corrected chi connectivity index (χ2v) is 5.47. The van der Waals surface area contributed by atoms with Crippen LogP contribution in [0.4, 0.5) is 0 Å². The van der Waals surface area contributed by atoms with Crippen molar-refractivity contribution in [3.63, 3.8) is 0 Å². The number of benzene rings is 1. The predicted molar refractivity (Wildman–Crippen MR) is 78.9 cm³/mol. The number of aryl methyl sites for hydroxylation is 1. The van der Waals surface area contributed by atoms with Gasteiger partial charge >= 0.3 is 5.97 Å². The van der Waals surface area contributed by atoms with E-state index in [0.717, 1.165) is 22.6 Å². The van der Waals surface area contributed by atoms with Gasteiger partial charge in [-0.05, 0) is 19.1 Å². The van der Waals surface area contributed by atoms with Gasteiger partial charge in [0.2, 0.25) is 4.96 Å². The molecule has 3 aromatic rings. The van der Waals surface area contributed by atoms with Crippen molar-refractivity contribution < 1.29 is 14.6 Å². The van der Waals surface area contributed by atoms with Crippen LogP contribution in [-0.2, 0) is 11.2 Å². The van der Waals surface area contributed by atoms with Crippen molar-refractivity contribution in [3.05, 3.63) is 35.0 Å². The Balaban J connectivity index is 2.23. The van der Waals surface area contributed by atoms with Crippen molar-refractivity contribution >= 4 is 22.3 Å². The molecule has 3 rings (SSSR count). The Kier molecular flexibility index (Phi) is 3.34. The third kappa shape index (κ3) is 2.36. The number of rotatable bonds is 4. The summed E-state index contributed by atoms with van der Waals surface area (Å²) in [6.07, 6.45) is -0.168. The molecule has 21 heavy (non-hydrogen) atoms. The van der Waals surface area contributed by atoms with Gasteiger partial charge in [-0.3, -0.25) is 9.20 Å². The minimum Gasteiger partial charge on any atom is -0.496 e. The Morgan fingerprint density at radius 1 is 1.43 bits per heavy atom. The Bertz CT molecular complexity index is 822. The zero-order chi connectivity index (χ0) is 15.0. The van der Waals surface area contributed by atoms with Gasteiger partial charge in [-0.15, -0.1) is 21.5 Å². The molecular weight excluding hydrogens is 290 g/mol. The van der Waals surface area contributed by atoms with Gasteiger partial charge in [0.15, 0.2) is 0 Å². The summed E-state index contributed by atoms with van der Waals surface area (Å²) in [5, 5.41) is 18.9. The number of carboxylic acid groups (broad SMARTS) is 1. The lowest BCUT2D eigenvalue weighted by molar-refractivity contribution is -0.136. The number of nitrogens with zero attached hydrogens (tertiary/aromatic N) is 3. The maximum absolute atomic E-state index is 11.0. The van der Waals surface area contributed by atoms with Gasteiger partial charge in [0.05, 0.1) is 12.8 Å². The van der Waals surface area contributed by atoms with E-state index in [1.807, 2.05) is 30.5 Å². The number of thiazole rings is 1. The highest BCUT2D eigenvalue weighted by atomic mass is 32.1. The van der Waals surface area contributed by atoms with Crippen LogP contribution >= 0.6 is 11.3 Å². The molecule has 1 aromatic carbocycles. The summed E-state index contributed by atoms with van der Waals surface area (Å²) in [4.78, 5) is 11.6. The number of aliphatic carboxylic acids is 1. The predicted octanol–water partition coefficient (Wildman–Crippen LogP) is 2.40. The van der Waals surface area contributed by atoms with E-state index in [0.29, 0.717) is 10.8 Å². The first-order valence-electron chi connectivity index (χ1n) is 6.28. The fourth-order valence-electron chi connectivity index (χ4n) is 2.24. The maximum Gasteiger partial charge on any atom is 0.311 e. The molecule has 2 aromatic heterocycles. The molecule has 0 saturated heterocycles. The van der Waals surface area contributed by atoms with Gasteiger partial charge in [-0.1, -0.05) is 11.6 Å². The summed E-state index contributed by atoms with van der Waals surface area (Å²) in [6, 6.07) is 5.87. The second-order valence-electron chi connectivity index (χ2n) is 4.63. The molecule has 108 valence electrons. The molecule has 0 aliphatic carbocycles. The van der Waals surface area contributed by atoms with E-state index < -0.39 is 5.97 Å². The molecule has 2 heterocycles. The first kappa shape index (κ1) is 13.6. The van der Waals surface area contributed by atoms with Gasteiger partial charge in [0, 0.05) is 10.9 Å². The van der Waals surface area contributed by atoms with Crippen LogP contribution in [-0.4, -0.2) is 32.8 Å². The maximum atomic E-state index is 11.0. The second kappa shape index (κ2) is 5.17. The molecule has 0 unspecified atom stereocenters. The van der Waals surface area contributed by atoms with E-state index in [1.54, 1.807) is 11.5 Å². The topological polar surface area (TPSA) is 76.7 Å². The Morgan fingerprint density at radius 3 is 2.95 bits per heavy atom. The highest BCUT2D eigenvalue weighted by molar-refractivity contribution is 7.15. The number of carbonyl (C=O) groups is 1. The van der Waals surface area contributed by atoms with Crippen LogP contribution in [0.3, 0.4) is 0 Å². The molecular formula is C14H13N3O3S. The number of fused-ring (bicyclic) bond motifs is 1. The molecule has 0 atom stereocenters. The van der Waals surface area contributed by atoms with Crippen LogP contribution in [0.15, 0.2) is 23.6 Å². The molecule has 0 aliphatic heterocycles. The van der Waals surface area contributed by atoms with Crippen LogP contribution in [0, 0.1) is 6.92 Å². The third-order valence-corrected chi connectivity index (χ3v) is 3.97. The molecule has 0 fully saturated rings. The Labute approximate surface area is 124 Å². The van der Waals surface area contributed by atoms with Gasteiger partial charge in [0.1, 0.15) is 18.0 Å². The smallest absolute Gasteiger partial charge is 0.311 e. The fraction of sp³-hybridized carbons (Fsp3) is 0.214. The van der Waals surface area contributed by atoms with Gasteiger partial charge in [0.25, 0.3) is 0 Å². The third-order valence-electron chi connectivity index (χ3n) is 3.16. The van der Waals surface area contributed by atoms with E-state index in [-0.39, 0.29) is 6.42 Å². The summed E-state index contributed by atoms with van der Waals surface area (Å²) in [6.45, 7) is 2.00. The number of aromatic nitrogens is 3. The normalized spacial score (nSPS) is 11.0. The summed E-state index contributed by atoms with van der Waals surface area (Å²) in [5.74, 6) is 0.213. The highest BCUT2D eigenvalue weighted by Crippen LogP contribution is 2.34. The lowest BCUT2D eigenvalue weighted by Crippen LogP contribution is -2.05. The molecule has 0 radical (unpaired) electrons. The average molecular weight is 303 g/mol.